The van der Waals surface area contributed by atoms with Gasteiger partial charge in [-0.15, -0.1) is 11.3 Å². The van der Waals surface area contributed by atoms with Gasteiger partial charge in [0.2, 0.25) is 10.0 Å². The molecule has 0 atom stereocenters. The molecule has 0 amide bonds. The molecule has 0 radical (unpaired) electrons. The zero-order chi connectivity index (χ0) is 14.1. The van der Waals surface area contributed by atoms with Gasteiger partial charge in [-0.25, -0.2) is 13.1 Å². The maximum Gasteiger partial charge on any atom is 0.250 e. The van der Waals surface area contributed by atoms with Gasteiger partial charge in [0.15, 0.2) is 0 Å². The molecule has 0 aliphatic carbocycles. The molecular formula is C11H20N2O4S2. The van der Waals surface area contributed by atoms with E-state index in [1.165, 1.54) is 11.3 Å². The number of hydrogen-bond donors (Lipinski definition) is 2. The van der Waals surface area contributed by atoms with Crippen molar-refractivity contribution in [2.45, 2.75) is 10.8 Å². The van der Waals surface area contributed by atoms with Crippen molar-refractivity contribution in [3.63, 3.8) is 0 Å². The Morgan fingerprint density at radius 2 is 2.05 bits per heavy atom. The average molecular weight is 308 g/mol. The second-order valence-corrected chi connectivity index (χ2v) is 6.92. The second-order valence-electron chi connectivity index (χ2n) is 3.75. The predicted octanol–water partition coefficient (Wildman–Crippen LogP) is 0.409. The molecule has 0 saturated heterocycles. The van der Waals surface area contributed by atoms with Gasteiger partial charge in [0.1, 0.15) is 4.21 Å². The summed E-state index contributed by atoms with van der Waals surface area (Å²) in [5, 5.41) is 2.98. The first-order chi connectivity index (χ1) is 9.10. The molecule has 1 aromatic rings. The van der Waals surface area contributed by atoms with Crippen molar-refractivity contribution in [1.29, 1.82) is 0 Å². The molecule has 1 rings (SSSR count). The van der Waals surface area contributed by atoms with Crippen LogP contribution in [0.1, 0.15) is 4.88 Å². The number of methoxy groups -OCH3 is 1. The highest BCUT2D eigenvalue weighted by molar-refractivity contribution is 7.91. The maximum absolute atomic E-state index is 11.9. The first kappa shape index (κ1) is 16.5. The minimum Gasteiger partial charge on any atom is -0.382 e. The molecule has 8 heteroatoms. The monoisotopic (exact) mass is 308 g/mol. The molecule has 19 heavy (non-hydrogen) atoms. The van der Waals surface area contributed by atoms with E-state index in [0.717, 1.165) is 4.88 Å². The summed E-state index contributed by atoms with van der Waals surface area (Å²) in [6, 6.07) is 3.43. The first-order valence-corrected chi connectivity index (χ1v) is 8.20. The molecule has 6 nitrogen and oxygen atoms in total. The Kier molecular flexibility index (Phi) is 7.51. The van der Waals surface area contributed by atoms with E-state index in [1.807, 2.05) is 13.1 Å². The van der Waals surface area contributed by atoms with Crippen LogP contribution >= 0.6 is 11.3 Å². The van der Waals surface area contributed by atoms with Gasteiger partial charge in [-0.1, -0.05) is 0 Å². The summed E-state index contributed by atoms with van der Waals surface area (Å²) in [4.78, 5) is 0.985. The Hall–Kier alpha value is -0.510. The van der Waals surface area contributed by atoms with Crippen LogP contribution in [0.3, 0.4) is 0 Å². The van der Waals surface area contributed by atoms with E-state index in [9.17, 15) is 8.42 Å². The molecule has 0 bridgehead atoms. The fourth-order valence-electron chi connectivity index (χ4n) is 1.34. The van der Waals surface area contributed by atoms with Gasteiger partial charge < -0.3 is 14.8 Å². The first-order valence-electron chi connectivity index (χ1n) is 5.90. The lowest BCUT2D eigenvalue weighted by molar-refractivity contribution is 0.0736. The predicted molar refractivity (Wildman–Crippen MR) is 75.0 cm³/mol. The lowest BCUT2D eigenvalue weighted by Gasteiger charge is -2.05. The highest BCUT2D eigenvalue weighted by atomic mass is 32.2. The second kappa shape index (κ2) is 8.62. The Labute approximate surface area is 118 Å². The molecule has 0 aliphatic rings. The van der Waals surface area contributed by atoms with Gasteiger partial charge in [-0.3, -0.25) is 0 Å². The molecule has 1 heterocycles. The number of rotatable bonds is 10. The van der Waals surface area contributed by atoms with Crippen LogP contribution in [0.5, 0.6) is 0 Å². The molecule has 0 spiro atoms. The van der Waals surface area contributed by atoms with Crippen molar-refractivity contribution in [2.24, 2.45) is 0 Å². The Morgan fingerprint density at radius 3 is 2.74 bits per heavy atom. The number of nitrogens with one attached hydrogen (secondary N) is 2. The van der Waals surface area contributed by atoms with E-state index in [1.54, 1.807) is 13.2 Å². The lowest BCUT2D eigenvalue weighted by atomic mass is 10.5. The summed E-state index contributed by atoms with van der Waals surface area (Å²) in [7, 11) is -0.00921. The minimum absolute atomic E-state index is 0.255. The third-order valence-corrected chi connectivity index (χ3v) is 5.26. The fraction of sp³-hybridized carbons (Fsp3) is 0.636. The Balaban J connectivity index is 2.38. The summed E-state index contributed by atoms with van der Waals surface area (Å²) >= 11 is 1.26. The molecule has 110 valence electrons. The van der Waals surface area contributed by atoms with Gasteiger partial charge in [-0.2, -0.15) is 0 Å². The standard InChI is InChI=1S/C11H20N2O4S2/c1-12-9-10-3-4-11(18-10)19(14,15)13-5-6-17-8-7-16-2/h3-4,12-13H,5-9H2,1-2H3. The Morgan fingerprint density at radius 1 is 1.26 bits per heavy atom. The summed E-state index contributed by atoms with van der Waals surface area (Å²) in [5.74, 6) is 0. The van der Waals surface area contributed by atoms with Crippen LogP contribution in [0, 0.1) is 0 Å². The third kappa shape index (κ3) is 5.98. The van der Waals surface area contributed by atoms with Crippen LogP contribution in [0.2, 0.25) is 0 Å². The average Bonchev–Trinajstić information content (AvgIpc) is 2.83. The quantitative estimate of drug-likeness (QED) is 0.612. The zero-order valence-electron chi connectivity index (χ0n) is 11.1. The summed E-state index contributed by atoms with van der Waals surface area (Å²) < 4.78 is 36.7. The van der Waals surface area contributed by atoms with Gasteiger partial charge in [0, 0.05) is 25.1 Å². The van der Waals surface area contributed by atoms with Crippen LogP contribution in [0.4, 0.5) is 0 Å². The SMILES string of the molecule is CNCc1ccc(S(=O)(=O)NCCOCCOC)s1. The minimum atomic E-state index is -3.42. The van der Waals surface area contributed by atoms with Crippen LogP contribution in [-0.2, 0) is 26.0 Å². The molecule has 2 N–H and O–H groups in total. The van der Waals surface area contributed by atoms with Crippen LogP contribution < -0.4 is 10.0 Å². The zero-order valence-corrected chi connectivity index (χ0v) is 12.8. The molecule has 0 saturated carbocycles. The normalized spacial score (nSPS) is 11.9. The summed E-state index contributed by atoms with van der Waals surface area (Å²) in [6.07, 6.45) is 0. The van der Waals surface area contributed by atoms with Crippen LogP contribution in [0.25, 0.3) is 0 Å². The number of sulfonamides is 1. The molecule has 1 aromatic heterocycles. The number of hydrogen-bond acceptors (Lipinski definition) is 6. The largest absolute Gasteiger partial charge is 0.382 e. The van der Waals surface area contributed by atoms with Gasteiger partial charge >= 0.3 is 0 Å². The van der Waals surface area contributed by atoms with E-state index in [-0.39, 0.29) is 6.54 Å². The van der Waals surface area contributed by atoms with Crippen molar-refractivity contribution in [2.75, 3.05) is 40.5 Å². The molecule has 0 aromatic carbocycles. The van der Waals surface area contributed by atoms with Crippen molar-refractivity contribution in [3.05, 3.63) is 17.0 Å². The Bertz CT molecular complexity index is 459. The smallest absolute Gasteiger partial charge is 0.250 e. The van der Waals surface area contributed by atoms with E-state index < -0.39 is 10.0 Å². The summed E-state index contributed by atoms with van der Waals surface area (Å²) in [6.45, 7) is 2.22. The van der Waals surface area contributed by atoms with Crippen LogP contribution in [-0.4, -0.2) is 48.9 Å². The van der Waals surface area contributed by atoms with E-state index in [4.69, 9.17) is 9.47 Å². The van der Waals surface area contributed by atoms with E-state index in [2.05, 4.69) is 10.0 Å². The molecule has 0 fully saturated rings. The lowest BCUT2D eigenvalue weighted by Crippen LogP contribution is -2.27. The van der Waals surface area contributed by atoms with Gasteiger partial charge in [0.05, 0.1) is 19.8 Å². The molecule has 0 aliphatic heterocycles. The molecule has 0 unspecified atom stereocenters. The van der Waals surface area contributed by atoms with E-state index >= 15 is 0 Å². The highest BCUT2D eigenvalue weighted by Crippen LogP contribution is 2.20. The van der Waals surface area contributed by atoms with Crippen molar-refractivity contribution in [1.82, 2.24) is 10.0 Å². The number of thiophene rings is 1. The number of ether oxygens (including phenoxy) is 2. The topological polar surface area (TPSA) is 76.7 Å². The van der Waals surface area contributed by atoms with Crippen LogP contribution in [0.15, 0.2) is 16.3 Å². The van der Waals surface area contributed by atoms with Crippen molar-refractivity contribution >= 4 is 21.4 Å². The highest BCUT2D eigenvalue weighted by Gasteiger charge is 2.15. The van der Waals surface area contributed by atoms with E-state index in [0.29, 0.717) is 30.6 Å². The third-order valence-electron chi connectivity index (χ3n) is 2.22. The molecular weight excluding hydrogens is 288 g/mol. The fourth-order valence-corrected chi connectivity index (χ4v) is 3.76. The maximum atomic E-state index is 11.9. The summed E-state index contributed by atoms with van der Waals surface area (Å²) in [5.41, 5.74) is 0. The van der Waals surface area contributed by atoms with Crippen molar-refractivity contribution in [3.8, 4) is 0 Å². The van der Waals surface area contributed by atoms with Gasteiger partial charge in [-0.05, 0) is 19.2 Å². The van der Waals surface area contributed by atoms with Crippen molar-refractivity contribution < 1.29 is 17.9 Å². The van der Waals surface area contributed by atoms with Gasteiger partial charge in [0.25, 0.3) is 0 Å².